The van der Waals surface area contributed by atoms with Crippen molar-refractivity contribution in [1.82, 2.24) is 0 Å². The van der Waals surface area contributed by atoms with Crippen molar-refractivity contribution in [3.8, 4) is 17.2 Å². The molecule has 2 aromatic carbocycles. The van der Waals surface area contributed by atoms with Crippen LogP contribution in [0.1, 0.15) is 47.2 Å². The topological polar surface area (TPSA) is 54.0 Å². The van der Waals surface area contributed by atoms with Gasteiger partial charge >= 0.3 is 5.97 Å². The van der Waals surface area contributed by atoms with Gasteiger partial charge in [-0.1, -0.05) is 12.1 Å². The van der Waals surface area contributed by atoms with Crippen molar-refractivity contribution in [2.45, 2.75) is 46.1 Å². The number of carbonyl (C=O) groups is 1. The van der Waals surface area contributed by atoms with Gasteiger partial charge in [0.1, 0.15) is 11.8 Å². The molecule has 6 heteroatoms. The molecule has 0 radical (unpaired) electrons. The summed E-state index contributed by atoms with van der Waals surface area (Å²) in [5.41, 5.74) is 6.18. The Hall–Kier alpha value is -2.73. The molecule has 0 aliphatic carbocycles. The average Bonchev–Trinajstić information content (AvgIpc) is 2.78. The second-order valence-electron chi connectivity index (χ2n) is 9.26. The zero-order chi connectivity index (χ0) is 24.2. The minimum absolute atomic E-state index is 0.223. The zero-order valence-electron chi connectivity index (χ0n) is 21.1. The number of rotatable bonds is 9. The first-order valence-corrected chi connectivity index (χ1v) is 11.6. The largest absolute Gasteiger partial charge is 0.496 e. The van der Waals surface area contributed by atoms with Crippen LogP contribution in [0.3, 0.4) is 0 Å². The minimum atomic E-state index is -0.223. The normalized spacial score (nSPS) is 19.5. The molecule has 0 aromatic heterocycles. The molecule has 33 heavy (non-hydrogen) atoms. The number of benzene rings is 2. The predicted molar refractivity (Wildman–Crippen MR) is 129 cm³/mol. The quantitative estimate of drug-likeness (QED) is 0.314. The van der Waals surface area contributed by atoms with Gasteiger partial charge in [0.2, 0.25) is 0 Å². The molecule has 0 saturated heterocycles. The summed E-state index contributed by atoms with van der Waals surface area (Å²) in [4.78, 5) is 11.2. The van der Waals surface area contributed by atoms with Crippen LogP contribution in [0, 0.1) is 13.8 Å². The molecule has 2 atom stereocenters. The summed E-state index contributed by atoms with van der Waals surface area (Å²) in [5, 5.41) is 0. The Morgan fingerprint density at radius 2 is 1.73 bits per heavy atom. The molecule has 0 saturated carbocycles. The number of hydrogen-bond donors (Lipinski definition) is 0. The molecule has 1 aliphatic rings. The highest BCUT2D eigenvalue weighted by Gasteiger charge is 2.39. The first-order chi connectivity index (χ1) is 15.7. The molecule has 0 fully saturated rings. The van der Waals surface area contributed by atoms with Crippen molar-refractivity contribution in [2.24, 2.45) is 0 Å². The molecule has 1 aliphatic heterocycles. The van der Waals surface area contributed by atoms with E-state index in [1.54, 1.807) is 21.3 Å². The first-order valence-electron chi connectivity index (χ1n) is 11.6. The highest BCUT2D eigenvalue weighted by atomic mass is 16.5. The summed E-state index contributed by atoms with van der Waals surface area (Å²) < 4.78 is 23.0. The smallest absolute Gasteiger partial charge is 0.302 e. The van der Waals surface area contributed by atoms with Gasteiger partial charge in [0.25, 0.3) is 0 Å². The lowest BCUT2D eigenvalue weighted by atomic mass is 9.85. The van der Waals surface area contributed by atoms with Gasteiger partial charge < -0.3 is 23.4 Å². The number of esters is 1. The van der Waals surface area contributed by atoms with E-state index in [-0.39, 0.29) is 12.0 Å². The number of hydrogen-bond acceptors (Lipinski definition) is 5. The van der Waals surface area contributed by atoms with Crippen LogP contribution < -0.4 is 14.2 Å². The lowest BCUT2D eigenvalue weighted by Gasteiger charge is -2.46. The Morgan fingerprint density at radius 1 is 1.00 bits per heavy atom. The summed E-state index contributed by atoms with van der Waals surface area (Å²) in [5.74, 6) is 2.24. The number of quaternary nitrogens is 1. The number of fused-ring (bicyclic) bond motifs is 1. The molecule has 0 N–H and O–H groups in total. The molecule has 6 nitrogen and oxygen atoms in total. The van der Waals surface area contributed by atoms with E-state index in [9.17, 15) is 4.79 Å². The molecular weight excluding hydrogens is 418 g/mol. The third-order valence-corrected chi connectivity index (χ3v) is 6.93. The third-order valence-electron chi connectivity index (χ3n) is 6.93. The van der Waals surface area contributed by atoms with Crippen LogP contribution in [0.2, 0.25) is 0 Å². The zero-order valence-corrected chi connectivity index (χ0v) is 21.1. The van der Waals surface area contributed by atoms with Crippen LogP contribution in [-0.4, -0.2) is 58.5 Å². The van der Waals surface area contributed by atoms with Gasteiger partial charge in [0, 0.05) is 31.7 Å². The lowest BCUT2D eigenvalue weighted by molar-refractivity contribution is -0.941. The molecular formula is C27H38NO5+. The van der Waals surface area contributed by atoms with E-state index >= 15 is 0 Å². The number of likely N-dealkylation sites (N-methyl/N-ethyl adjacent to an activating group) is 1. The van der Waals surface area contributed by atoms with Crippen molar-refractivity contribution >= 4 is 5.97 Å². The highest BCUT2D eigenvalue weighted by molar-refractivity contribution is 5.65. The van der Waals surface area contributed by atoms with Crippen LogP contribution in [0.25, 0.3) is 0 Å². The van der Waals surface area contributed by atoms with Crippen molar-refractivity contribution in [1.29, 1.82) is 0 Å². The second-order valence-corrected chi connectivity index (χ2v) is 9.26. The van der Waals surface area contributed by atoms with E-state index in [1.165, 1.54) is 29.2 Å². The van der Waals surface area contributed by atoms with Gasteiger partial charge in [0.15, 0.2) is 11.5 Å². The maximum Gasteiger partial charge on any atom is 0.302 e. The summed E-state index contributed by atoms with van der Waals surface area (Å²) in [6.45, 7) is 8.04. The van der Waals surface area contributed by atoms with Gasteiger partial charge in [-0.3, -0.25) is 4.79 Å². The minimum Gasteiger partial charge on any atom is -0.496 e. The van der Waals surface area contributed by atoms with Crippen LogP contribution >= 0.6 is 0 Å². The van der Waals surface area contributed by atoms with Crippen LogP contribution in [0.5, 0.6) is 17.2 Å². The molecule has 180 valence electrons. The van der Waals surface area contributed by atoms with E-state index in [4.69, 9.17) is 18.9 Å². The maximum absolute atomic E-state index is 11.2. The van der Waals surface area contributed by atoms with Crippen molar-refractivity contribution in [2.75, 3.05) is 48.1 Å². The van der Waals surface area contributed by atoms with E-state index in [1.807, 2.05) is 0 Å². The van der Waals surface area contributed by atoms with E-state index in [2.05, 4.69) is 45.2 Å². The Balaban J connectivity index is 2.00. The molecule has 0 spiro atoms. The number of aryl methyl sites for hydroxylation is 2. The Labute approximate surface area is 198 Å². The van der Waals surface area contributed by atoms with Gasteiger partial charge in [0.05, 0.1) is 48.1 Å². The third kappa shape index (κ3) is 5.44. The van der Waals surface area contributed by atoms with Crippen LogP contribution in [0.4, 0.5) is 0 Å². The van der Waals surface area contributed by atoms with Crippen molar-refractivity contribution in [3.63, 3.8) is 0 Å². The average molecular weight is 457 g/mol. The molecule has 0 bridgehead atoms. The number of nitrogens with zero attached hydrogens (tertiary/aromatic N) is 1. The summed E-state index contributed by atoms with van der Waals surface area (Å²) >= 11 is 0. The summed E-state index contributed by atoms with van der Waals surface area (Å²) in [6, 6.07) is 9.05. The fourth-order valence-corrected chi connectivity index (χ4v) is 5.19. The number of carbonyl (C=O) groups excluding carboxylic acids is 1. The number of ether oxygens (including phenoxy) is 4. The SMILES string of the molecule is COc1cc2c(cc1C)CC[N+](C)(CCCOC(C)=O)C2Cc1cc(C)c(OC)c(OC)c1. The number of methoxy groups -OCH3 is 3. The fourth-order valence-electron chi connectivity index (χ4n) is 5.19. The molecule has 2 aromatic rings. The Bertz CT molecular complexity index is 1000. The summed E-state index contributed by atoms with van der Waals surface area (Å²) in [6.07, 6.45) is 2.71. The molecule has 1 heterocycles. The first kappa shape index (κ1) is 24.9. The molecule has 2 unspecified atom stereocenters. The highest BCUT2D eigenvalue weighted by Crippen LogP contribution is 2.42. The monoisotopic (exact) mass is 456 g/mol. The predicted octanol–water partition coefficient (Wildman–Crippen LogP) is 4.57. The lowest BCUT2D eigenvalue weighted by Crippen LogP contribution is -2.52. The second kappa shape index (κ2) is 10.5. The van der Waals surface area contributed by atoms with Gasteiger partial charge in [-0.15, -0.1) is 0 Å². The van der Waals surface area contributed by atoms with E-state index in [0.717, 1.165) is 59.6 Å². The standard InChI is InChI=1S/C27H38NO5/c1-18-14-22-9-11-28(4,10-8-12-33-20(3)29)24(23(22)17-25(18)30-5)15-21-13-19(2)27(32-7)26(16-21)31-6/h13-14,16-17,24H,8-12,15H2,1-7H3/q+1. The Morgan fingerprint density at radius 3 is 2.36 bits per heavy atom. The van der Waals surface area contributed by atoms with Gasteiger partial charge in [-0.05, 0) is 48.2 Å². The Kier molecular flexibility index (Phi) is 7.90. The maximum atomic E-state index is 11.2. The van der Waals surface area contributed by atoms with E-state index in [0.29, 0.717) is 6.61 Å². The van der Waals surface area contributed by atoms with Gasteiger partial charge in [-0.2, -0.15) is 0 Å². The fraction of sp³-hybridized carbons (Fsp3) is 0.519. The van der Waals surface area contributed by atoms with Crippen LogP contribution in [-0.2, 0) is 22.4 Å². The molecule has 0 amide bonds. The van der Waals surface area contributed by atoms with Crippen molar-refractivity contribution < 1.29 is 28.2 Å². The molecule has 3 rings (SSSR count). The van der Waals surface area contributed by atoms with Crippen molar-refractivity contribution in [3.05, 3.63) is 52.1 Å². The van der Waals surface area contributed by atoms with Gasteiger partial charge in [-0.25, -0.2) is 0 Å². The van der Waals surface area contributed by atoms with E-state index < -0.39 is 0 Å². The summed E-state index contributed by atoms with van der Waals surface area (Å²) in [7, 11) is 7.41. The van der Waals surface area contributed by atoms with Crippen LogP contribution in [0.15, 0.2) is 24.3 Å².